The molecule has 0 radical (unpaired) electrons. The molecule has 0 aliphatic heterocycles. The molecule has 0 saturated carbocycles. The van der Waals surface area contributed by atoms with Crippen molar-refractivity contribution in [3.05, 3.63) is 58.6 Å². The lowest BCUT2D eigenvalue weighted by Crippen LogP contribution is -2.13. The first kappa shape index (κ1) is 14.9. The lowest BCUT2D eigenvalue weighted by atomic mass is 10.2. The predicted molar refractivity (Wildman–Crippen MR) is 87.8 cm³/mol. The predicted octanol–water partition coefficient (Wildman–Crippen LogP) is 3.64. The smallest absolute Gasteiger partial charge is 0.227 e. The van der Waals surface area contributed by atoms with Crippen LogP contribution in [0.15, 0.2) is 57.9 Å². The third kappa shape index (κ3) is 4.58. The Bertz CT molecular complexity index is 604. The molecule has 0 spiro atoms. The molecule has 3 N–H and O–H groups in total. The Morgan fingerprint density at radius 1 is 1.20 bits per heavy atom. The van der Waals surface area contributed by atoms with Gasteiger partial charge in [-0.2, -0.15) is 0 Å². The Morgan fingerprint density at radius 2 is 2.00 bits per heavy atom. The maximum Gasteiger partial charge on any atom is 0.227 e. The molecule has 0 aliphatic carbocycles. The standard InChI is InChI=1S/C15H15BrN2OS/c16-12-5-3-4-11(8-12)9-18-13-6-1-2-7-14(13)20-10-15(17)19/h1-8,18H,9-10H2,(H2,17,19). The van der Waals surface area contributed by atoms with Gasteiger partial charge in [-0.25, -0.2) is 0 Å². The zero-order valence-electron chi connectivity index (χ0n) is 10.8. The quantitative estimate of drug-likeness (QED) is 0.782. The number of para-hydroxylation sites is 1. The zero-order chi connectivity index (χ0) is 14.4. The summed E-state index contributed by atoms with van der Waals surface area (Å²) in [5.74, 6) is -0.0212. The number of thioether (sulfide) groups is 1. The van der Waals surface area contributed by atoms with Crippen LogP contribution in [0.1, 0.15) is 5.56 Å². The fourth-order valence-electron chi connectivity index (χ4n) is 1.73. The molecule has 0 fully saturated rings. The number of primary amides is 1. The van der Waals surface area contributed by atoms with Gasteiger partial charge in [-0.3, -0.25) is 4.79 Å². The monoisotopic (exact) mass is 350 g/mol. The molecule has 104 valence electrons. The molecular weight excluding hydrogens is 336 g/mol. The van der Waals surface area contributed by atoms with Crippen LogP contribution in [-0.4, -0.2) is 11.7 Å². The van der Waals surface area contributed by atoms with E-state index in [9.17, 15) is 4.79 Å². The topological polar surface area (TPSA) is 55.1 Å². The van der Waals surface area contributed by atoms with Crippen LogP contribution in [0.4, 0.5) is 5.69 Å². The van der Waals surface area contributed by atoms with E-state index in [1.165, 1.54) is 17.3 Å². The van der Waals surface area contributed by atoms with Crippen molar-refractivity contribution in [2.24, 2.45) is 5.73 Å². The SMILES string of the molecule is NC(=O)CSc1ccccc1NCc1cccc(Br)c1. The van der Waals surface area contributed by atoms with Gasteiger partial charge < -0.3 is 11.1 Å². The summed E-state index contributed by atoms with van der Waals surface area (Å²) in [6.45, 7) is 0.730. The molecule has 0 heterocycles. The first-order chi connectivity index (χ1) is 9.65. The van der Waals surface area contributed by atoms with E-state index >= 15 is 0 Å². The first-order valence-corrected chi connectivity index (χ1v) is 7.91. The fourth-order valence-corrected chi connectivity index (χ4v) is 2.95. The molecule has 0 atom stereocenters. The first-order valence-electron chi connectivity index (χ1n) is 6.13. The maximum atomic E-state index is 10.9. The molecule has 0 aliphatic rings. The van der Waals surface area contributed by atoms with Crippen molar-refractivity contribution >= 4 is 39.3 Å². The average molecular weight is 351 g/mol. The van der Waals surface area contributed by atoms with Crippen LogP contribution in [0.25, 0.3) is 0 Å². The zero-order valence-corrected chi connectivity index (χ0v) is 13.2. The van der Waals surface area contributed by atoms with Crippen molar-refractivity contribution in [3.63, 3.8) is 0 Å². The van der Waals surface area contributed by atoms with Crippen LogP contribution in [0.3, 0.4) is 0 Å². The van der Waals surface area contributed by atoms with Crippen LogP contribution in [-0.2, 0) is 11.3 Å². The van der Waals surface area contributed by atoms with E-state index in [-0.39, 0.29) is 11.7 Å². The summed E-state index contributed by atoms with van der Waals surface area (Å²) in [5.41, 5.74) is 7.39. The van der Waals surface area contributed by atoms with Crippen LogP contribution in [0, 0.1) is 0 Å². The summed E-state index contributed by atoms with van der Waals surface area (Å²) in [4.78, 5) is 11.9. The Hall–Kier alpha value is -1.46. The molecule has 2 aromatic rings. The van der Waals surface area contributed by atoms with Gasteiger partial charge in [-0.05, 0) is 29.8 Å². The van der Waals surface area contributed by atoms with E-state index in [1.807, 2.05) is 36.4 Å². The summed E-state index contributed by atoms with van der Waals surface area (Å²) >= 11 is 4.91. The fraction of sp³-hybridized carbons (Fsp3) is 0.133. The Labute approximate surface area is 131 Å². The molecule has 0 aromatic heterocycles. The van der Waals surface area contributed by atoms with Gasteiger partial charge in [0.2, 0.25) is 5.91 Å². The lowest BCUT2D eigenvalue weighted by molar-refractivity contribution is -0.115. The Balaban J connectivity index is 2.03. The summed E-state index contributed by atoms with van der Waals surface area (Å²) in [7, 11) is 0. The highest BCUT2D eigenvalue weighted by molar-refractivity contribution is 9.10. The molecular formula is C15H15BrN2OS. The van der Waals surface area contributed by atoms with E-state index in [0.29, 0.717) is 0 Å². The van der Waals surface area contributed by atoms with E-state index in [1.54, 1.807) is 0 Å². The van der Waals surface area contributed by atoms with Gasteiger partial charge in [0, 0.05) is 21.6 Å². The number of nitrogens with one attached hydrogen (secondary N) is 1. The second kappa shape index (κ2) is 7.36. The van der Waals surface area contributed by atoms with E-state index < -0.39 is 0 Å². The highest BCUT2D eigenvalue weighted by atomic mass is 79.9. The summed E-state index contributed by atoms with van der Waals surface area (Å²) < 4.78 is 1.06. The van der Waals surface area contributed by atoms with Gasteiger partial charge in [0.15, 0.2) is 0 Å². The lowest BCUT2D eigenvalue weighted by Gasteiger charge is -2.11. The van der Waals surface area contributed by atoms with E-state index in [2.05, 4.69) is 33.4 Å². The average Bonchev–Trinajstić information content (AvgIpc) is 2.44. The van der Waals surface area contributed by atoms with Gasteiger partial charge in [0.1, 0.15) is 0 Å². The number of amides is 1. The van der Waals surface area contributed by atoms with Crippen LogP contribution in [0.5, 0.6) is 0 Å². The minimum absolute atomic E-state index is 0.287. The van der Waals surface area contributed by atoms with Gasteiger partial charge >= 0.3 is 0 Å². The minimum Gasteiger partial charge on any atom is -0.380 e. The molecule has 0 saturated heterocycles. The number of benzene rings is 2. The Morgan fingerprint density at radius 3 is 2.75 bits per heavy atom. The molecule has 0 unspecified atom stereocenters. The van der Waals surface area contributed by atoms with E-state index in [4.69, 9.17) is 5.73 Å². The van der Waals surface area contributed by atoms with Crippen LogP contribution < -0.4 is 11.1 Å². The molecule has 1 amide bonds. The molecule has 5 heteroatoms. The van der Waals surface area contributed by atoms with Gasteiger partial charge in [0.25, 0.3) is 0 Å². The minimum atomic E-state index is -0.309. The molecule has 0 bridgehead atoms. The van der Waals surface area contributed by atoms with Crippen LogP contribution in [0.2, 0.25) is 0 Å². The molecule has 20 heavy (non-hydrogen) atoms. The van der Waals surface area contributed by atoms with E-state index in [0.717, 1.165) is 21.6 Å². The van der Waals surface area contributed by atoms with Crippen molar-refractivity contribution < 1.29 is 4.79 Å². The van der Waals surface area contributed by atoms with Crippen molar-refractivity contribution in [1.82, 2.24) is 0 Å². The van der Waals surface area contributed by atoms with Gasteiger partial charge in [0.05, 0.1) is 5.75 Å². The van der Waals surface area contributed by atoms with Crippen molar-refractivity contribution in [1.29, 1.82) is 0 Å². The number of rotatable bonds is 6. The normalized spacial score (nSPS) is 10.2. The van der Waals surface area contributed by atoms with Crippen molar-refractivity contribution in [2.45, 2.75) is 11.4 Å². The van der Waals surface area contributed by atoms with Crippen molar-refractivity contribution in [2.75, 3.05) is 11.1 Å². The number of nitrogens with two attached hydrogens (primary N) is 1. The molecule has 2 aromatic carbocycles. The number of hydrogen-bond acceptors (Lipinski definition) is 3. The largest absolute Gasteiger partial charge is 0.380 e. The van der Waals surface area contributed by atoms with Crippen molar-refractivity contribution in [3.8, 4) is 0 Å². The number of halogens is 1. The third-order valence-corrected chi connectivity index (χ3v) is 4.22. The summed E-state index contributed by atoms with van der Waals surface area (Å²) in [6.07, 6.45) is 0. The second-order valence-electron chi connectivity index (χ2n) is 4.23. The summed E-state index contributed by atoms with van der Waals surface area (Å²) in [5, 5.41) is 3.39. The molecule has 2 rings (SSSR count). The number of carbonyl (C=O) groups excluding carboxylic acids is 1. The third-order valence-electron chi connectivity index (χ3n) is 2.63. The maximum absolute atomic E-state index is 10.9. The summed E-state index contributed by atoms with van der Waals surface area (Å²) in [6, 6.07) is 16.1. The number of anilines is 1. The van der Waals surface area contributed by atoms with Gasteiger partial charge in [-0.15, -0.1) is 11.8 Å². The van der Waals surface area contributed by atoms with Gasteiger partial charge in [-0.1, -0.05) is 40.2 Å². The molecule has 3 nitrogen and oxygen atoms in total. The second-order valence-corrected chi connectivity index (χ2v) is 6.17. The number of carbonyl (C=O) groups is 1. The highest BCUT2D eigenvalue weighted by Gasteiger charge is 2.04. The van der Waals surface area contributed by atoms with Crippen LogP contribution >= 0.6 is 27.7 Å². The number of hydrogen-bond donors (Lipinski definition) is 2. The highest BCUT2D eigenvalue weighted by Crippen LogP contribution is 2.27. The Kier molecular flexibility index (Phi) is 5.49.